The number of methoxy groups -OCH3 is 1. The summed E-state index contributed by atoms with van der Waals surface area (Å²) in [5.74, 6) is 2.20. The minimum atomic E-state index is 0.387. The molecular formula is C14H18BrN3O2. The third-order valence-corrected chi connectivity index (χ3v) is 3.60. The molecule has 0 fully saturated rings. The maximum absolute atomic E-state index is 5.85. The fourth-order valence-corrected chi connectivity index (χ4v) is 2.54. The number of aryl methyl sites for hydroxylation is 1. The zero-order chi connectivity index (χ0) is 14.5. The predicted molar refractivity (Wildman–Crippen MR) is 80.8 cm³/mol. The second-order valence-electron chi connectivity index (χ2n) is 4.23. The Balaban J connectivity index is 2.21. The molecule has 20 heavy (non-hydrogen) atoms. The first-order chi connectivity index (χ1) is 9.69. The van der Waals surface area contributed by atoms with Gasteiger partial charge in [-0.3, -0.25) is 0 Å². The van der Waals surface area contributed by atoms with Gasteiger partial charge in [0, 0.05) is 25.5 Å². The van der Waals surface area contributed by atoms with E-state index in [1.165, 1.54) is 0 Å². The zero-order valence-corrected chi connectivity index (χ0v) is 13.2. The number of nitrogens with two attached hydrogens (primary N) is 1. The minimum Gasteiger partial charge on any atom is -0.493 e. The van der Waals surface area contributed by atoms with Crippen molar-refractivity contribution in [3.8, 4) is 11.5 Å². The van der Waals surface area contributed by atoms with E-state index in [4.69, 9.17) is 15.2 Å². The van der Waals surface area contributed by atoms with Gasteiger partial charge in [0.25, 0.3) is 0 Å². The Kier molecular flexibility index (Phi) is 5.03. The lowest BCUT2D eigenvalue weighted by Gasteiger charge is -2.14. The molecule has 0 aliphatic carbocycles. The lowest BCUT2D eigenvalue weighted by atomic mass is 10.2. The van der Waals surface area contributed by atoms with Crippen LogP contribution in [-0.2, 0) is 19.7 Å². The highest BCUT2D eigenvalue weighted by atomic mass is 79.9. The van der Waals surface area contributed by atoms with Crippen LogP contribution >= 0.6 is 15.9 Å². The summed E-state index contributed by atoms with van der Waals surface area (Å²) >= 11 is 3.49. The molecule has 1 aromatic heterocycles. The molecule has 2 aromatic rings. The Labute approximate surface area is 126 Å². The summed E-state index contributed by atoms with van der Waals surface area (Å²) in [7, 11) is 1.61. The van der Waals surface area contributed by atoms with Gasteiger partial charge in [-0.1, -0.05) is 0 Å². The van der Waals surface area contributed by atoms with Crippen LogP contribution < -0.4 is 15.2 Å². The normalized spacial score (nSPS) is 10.6. The van der Waals surface area contributed by atoms with Crippen molar-refractivity contribution >= 4 is 15.9 Å². The number of imidazole rings is 1. The molecule has 0 aliphatic heterocycles. The topological polar surface area (TPSA) is 62.3 Å². The molecule has 0 aliphatic rings. The van der Waals surface area contributed by atoms with Gasteiger partial charge >= 0.3 is 0 Å². The van der Waals surface area contributed by atoms with Crippen molar-refractivity contribution in [3.05, 3.63) is 40.4 Å². The van der Waals surface area contributed by atoms with Gasteiger partial charge < -0.3 is 19.8 Å². The Bertz CT molecular complexity index is 584. The van der Waals surface area contributed by atoms with E-state index < -0.39 is 0 Å². The molecule has 0 saturated carbocycles. The molecule has 0 spiro atoms. The number of aromatic nitrogens is 2. The maximum atomic E-state index is 5.85. The van der Waals surface area contributed by atoms with Crippen LogP contribution in [0.3, 0.4) is 0 Å². The van der Waals surface area contributed by atoms with Crippen LogP contribution in [-0.4, -0.2) is 16.7 Å². The van der Waals surface area contributed by atoms with Crippen LogP contribution in [0.25, 0.3) is 0 Å². The van der Waals surface area contributed by atoms with E-state index in [9.17, 15) is 0 Å². The quantitative estimate of drug-likeness (QED) is 0.878. The smallest absolute Gasteiger partial charge is 0.176 e. The van der Waals surface area contributed by atoms with Gasteiger partial charge in [-0.2, -0.15) is 0 Å². The summed E-state index contributed by atoms with van der Waals surface area (Å²) < 4.78 is 14.1. The van der Waals surface area contributed by atoms with Crippen molar-refractivity contribution < 1.29 is 9.47 Å². The fraction of sp³-hybridized carbons (Fsp3) is 0.357. The van der Waals surface area contributed by atoms with Gasteiger partial charge in [0.1, 0.15) is 12.4 Å². The molecule has 108 valence electrons. The first-order valence-corrected chi connectivity index (χ1v) is 7.18. The van der Waals surface area contributed by atoms with Crippen molar-refractivity contribution in [1.29, 1.82) is 0 Å². The first kappa shape index (κ1) is 14.9. The second kappa shape index (κ2) is 6.76. The van der Waals surface area contributed by atoms with Crippen LogP contribution in [0.15, 0.2) is 29.0 Å². The van der Waals surface area contributed by atoms with Crippen molar-refractivity contribution in [2.75, 3.05) is 7.11 Å². The van der Waals surface area contributed by atoms with Gasteiger partial charge in [0.2, 0.25) is 0 Å². The molecule has 0 unspecified atom stereocenters. The Morgan fingerprint density at radius 2 is 2.20 bits per heavy atom. The molecule has 5 nitrogen and oxygen atoms in total. The van der Waals surface area contributed by atoms with Crippen LogP contribution in [0.5, 0.6) is 11.5 Å². The molecular weight excluding hydrogens is 322 g/mol. The zero-order valence-electron chi connectivity index (χ0n) is 11.6. The molecule has 0 bridgehead atoms. The SMILES string of the molecule is CCn1ccnc1COc1c(Br)cc(CN)cc1OC. The Morgan fingerprint density at radius 1 is 1.40 bits per heavy atom. The van der Waals surface area contributed by atoms with E-state index >= 15 is 0 Å². The van der Waals surface area contributed by atoms with Gasteiger partial charge in [-0.25, -0.2) is 4.98 Å². The molecule has 0 saturated heterocycles. The number of halogens is 1. The van der Waals surface area contributed by atoms with Crippen molar-refractivity contribution in [1.82, 2.24) is 9.55 Å². The first-order valence-electron chi connectivity index (χ1n) is 6.38. The van der Waals surface area contributed by atoms with Crippen molar-refractivity contribution in [3.63, 3.8) is 0 Å². The highest BCUT2D eigenvalue weighted by Gasteiger charge is 2.12. The number of rotatable bonds is 6. The highest BCUT2D eigenvalue weighted by molar-refractivity contribution is 9.10. The number of benzene rings is 1. The van der Waals surface area contributed by atoms with Gasteiger partial charge in [-0.05, 0) is 40.5 Å². The summed E-state index contributed by atoms with van der Waals surface area (Å²) in [5.41, 5.74) is 6.63. The fourth-order valence-electron chi connectivity index (χ4n) is 1.94. The molecule has 1 aromatic carbocycles. The van der Waals surface area contributed by atoms with Crippen molar-refractivity contribution in [2.45, 2.75) is 26.6 Å². The number of nitrogens with zero attached hydrogens (tertiary/aromatic N) is 2. The van der Waals surface area contributed by atoms with Crippen LogP contribution in [0.4, 0.5) is 0 Å². The third kappa shape index (κ3) is 3.13. The lowest BCUT2D eigenvalue weighted by Crippen LogP contribution is -2.07. The van der Waals surface area contributed by atoms with E-state index in [-0.39, 0.29) is 0 Å². The van der Waals surface area contributed by atoms with E-state index in [0.717, 1.165) is 22.4 Å². The second-order valence-corrected chi connectivity index (χ2v) is 5.09. The summed E-state index contributed by atoms with van der Waals surface area (Å²) in [6.45, 7) is 3.77. The third-order valence-electron chi connectivity index (χ3n) is 3.01. The molecule has 0 amide bonds. The van der Waals surface area contributed by atoms with Gasteiger partial charge in [0.15, 0.2) is 11.5 Å². The molecule has 1 heterocycles. The lowest BCUT2D eigenvalue weighted by molar-refractivity contribution is 0.270. The predicted octanol–water partition coefficient (Wildman–Crippen LogP) is 2.71. The summed E-state index contributed by atoms with van der Waals surface area (Å²) in [5, 5.41) is 0. The molecule has 2 rings (SSSR count). The summed E-state index contributed by atoms with van der Waals surface area (Å²) in [6, 6.07) is 3.82. The largest absolute Gasteiger partial charge is 0.493 e. The average molecular weight is 340 g/mol. The number of hydrogen-bond donors (Lipinski definition) is 1. The number of hydrogen-bond acceptors (Lipinski definition) is 4. The van der Waals surface area contributed by atoms with Gasteiger partial charge in [0.05, 0.1) is 11.6 Å². The Hall–Kier alpha value is -1.53. The van der Waals surface area contributed by atoms with Crippen molar-refractivity contribution in [2.24, 2.45) is 5.73 Å². The van der Waals surface area contributed by atoms with E-state index in [1.54, 1.807) is 13.3 Å². The van der Waals surface area contributed by atoms with Crippen LogP contribution in [0, 0.1) is 0 Å². The van der Waals surface area contributed by atoms with Crippen LogP contribution in [0.1, 0.15) is 18.3 Å². The monoisotopic (exact) mass is 339 g/mol. The van der Waals surface area contributed by atoms with E-state index in [1.807, 2.05) is 22.9 Å². The summed E-state index contributed by atoms with van der Waals surface area (Å²) in [6.07, 6.45) is 3.70. The molecule has 6 heteroatoms. The summed E-state index contributed by atoms with van der Waals surface area (Å²) in [4.78, 5) is 4.28. The molecule has 2 N–H and O–H groups in total. The van der Waals surface area contributed by atoms with E-state index in [0.29, 0.717) is 24.7 Å². The Morgan fingerprint density at radius 3 is 2.85 bits per heavy atom. The van der Waals surface area contributed by atoms with Crippen LogP contribution in [0.2, 0.25) is 0 Å². The number of ether oxygens (including phenoxy) is 2. The van der Waals surface area contributed by atoms with E-state index in [2.05, 4.69) is 27.8 Å². The molecule has 0 atom stereocenters. The van der Waals surface area contributed by atoms with Gasteiger partial charge in [-0.15, -0.1) is 0 Å². The molecule has 0 radical (unpaired) electrons. The maximum Gasteiger partial charge on any atom is 0.176 e. The highest BCUT2D eigenvalue weighted by Crippen LogP contribution is 2.37. The minimum absolute atomic E-state index is 0.387. The standard InChI is InChI=1S/C14H18BrN3O2/c1-3-18-5-4-17-13(18)9-20-14-11(15)6-10(8-16)7-12(14)19-2/h4-7H,3,8-9,16H2,1-2H3. The average Bonchev–Trinajstić information content (AvgIpc) is 2.92.